The van der Waals surface area contributed by atoms with Gasteiger partial charge >= 0.3 is 0 Å². The van der Waals surface area contributed by atoms with Crippen LogP contribution < -0.4 is 0 Å². The summed E-state index contributed by atoms with van der Waals surface area (Å²) in [5.41, 5.74) is 1.54. The number of rotatable bonds is 2. The van der Waals surface area contributed by atoms with Crippen LogP contribution in [0.5, 0.6) is 0 Å². The topological polar surface area (TPSA) is 40.5 Å². The van der Waals surface area contributed by atoms with Crippen molar-refractivity contribution in [3.63, 3.8) is 0 Å². The van der Waals surface area contributed by atoms with Gasteiger partial charge < -0.3 is 10.2 Å². The van der Waals surface area contributed by atoms with E-state index in [0.717, 1.165) is 12.8 Å². The first-order valence-electron chi connectivity index (χ1n) is 5.40. The largest absolute Gasteiger partial charge is 0.396 e. The van der Waals surface area contributed by atoms with E-state index < -0.39 is 0 Å². The van der Waals surface area contributed by atoms with E-state index in [-0.39, 0.29) is 24.5 Å². The molecule has 82 valence electrons. The Hall–Kier alpha value is -0.340. The number of allylic oxidation sites excluding steroid dienone is 1. The summed E-state index contributed by atoms with van der Waals surface area (Å²) in [5.74, 6) is 0.585. The zero-order valence-electron chi connectivity index (χ0n) is 9.45. The zero-order chi connectivity index (χ0) is 10.8. The lowest BCUT2D eigenvalue weighted by Crippen LogP contribution is -2.24. The summed E-state index contributed by atoms with van der Waals surface area (Å²) in [5, 5.41) is 18.3. The maximum absolute atomic E-state index is 9.18. The average molecular weight is 198 g/mol. The first-order chi connectivity index (χ1) is 6.47. The fraction of sp³-hybridized carbons (Fsp3) is 0.833. The van der Waals surface area contributed by atoms with E-state index in [1.54, 1.807) is 0 Å². The van der Waals surface area contributed by atoms with Crippen molar-refractivity contribution in [2.24, 2.45) is 17.3 Å². The van der Waals surface area contributed by atoms with Crippen LogP contribution in [-0.2, 0) is 0 Å². The van der Waals surface area contributed by atoms with Gasteiger partial charge in [0.05, 0.1) is 0 Å². The van der Waals surface area contributed by atoms with Crippen LogP contribution in [0.15, 0.2) is 11.6 Å². The molecule has 2 N–H and O–H groups in total. The second-order valence-electron chi connectivity index (χ2n) is 5.37. The third-order valence-corrected chi connectivity index (χ3v) is 3.04. The van der Waals surface area contributed by atoms with Gasteiger partial charge in [0, 0.05) is 19.1 Å². The Balaban J connectivity index is 2.78. The van der Waals surface area contributed by atoms with Gasteiger partial charge in [0.25, 0.3) is 0 Å². The highest BCUT2D eigenvalue weighted by atomic mass is 16.3. The molecule has 0 unspecified atom stereocenters. The number of hydrogen-bond acceptors (Lipinski definition) is 2. The molecule has 2 atom stereocenters. The van der Waals surface area contributed by atoms with Crippen LogP contribution in [0.2, 0.25) is 0 Å². The summed E-state index contributed by atoms with van der Waals surface area (Å²) in [6.45, 7) is 7.01. The van der Waals surface area contributed by atoms with Crippen LogP contribution in [-0.4, -0.2) is 23.4 Å². The molecule has 0 aliphatic heterocycles. The number of aliphatic hydroxyl groups excluding tert-OH is 2. The maximum atomic E-state index is 9.18. The van der Waals surface area contributed by atoms with Crippen molar-refractivity contribution < 1.29 is 10.2 Å². The monoisotopic (exact) mass is 198 g/mol. The fourth-order valence-corrected chi connectivity index (χ4v) is 2.07. The van der Waals surface area contributed by atoms with Crippen molar-refractivity contribution in [1.82, 2.24) is 0 Å². The first kappa shape index (κ1) is 11.7. The molecule has 0 aromatic heterocycles. The Kier molecular flexibility index (Phi) is 3.73. The minimum absolute atomic E-state index is 0.168. The van der Waals surface area contributed by atoms with Crippen molar-refractivity contribution in [3.8, 4) is 0 Å². The van der Waals surface area contributed by atoms with Crippen molar-refractivity contribution in [2.75, 3.05) is 13.2 Å². The summed E-state index contributed by atoms with van der Waals surface area (Å²) in [6.07, 6.45) is 4.11. The van der Waals surface area contributed by atoms with Gasteiger partial charge in [-0.25, -0.2) is 0 Å². The van der Waals surface area contributed by atoms with Gasteiger partial charge in [0.2, 0.25) is 0 Å². The highest BCUT2D eigenvalue weighted by Crippen LogP contribution is 2.37. The summed E-state index contributed by atoms with van der Waals surface area (Å²) in [6, 6.07) is 0. The summed E-state index contributed by atoms with van der Waals surface area (Å²) < 4.78 is 0. The minimum Gasteiger partial charge on any atom is -0.396 e. The molecule has 0 heterocycles. The second-order valence-corrected chi connectivity index (χ2v) is 5.37. The number of aliphatic hydroxyl groups is 2. The Morgan fingerprint density at radius 3 is 2.36 bits per heavy atom. The van der Waals surface area contributed by atoms with Crippen LogP contribution in [0.4, 0.5) is 0 Å². The molecule has 1 aliphatic rings. The molecular formula is C12H22O2. The van der Waals surface area contributed by atoms with E-state index in [2.05, 4.69) is 26.8 Å². The maximum Gasteiger partial charge on any atom is 0.0494 e. The Bertz CT molecular complexity index is 213. The van der Waals surface area contributed by atoms with Gasteiger partial charge in [0.1, 0.15) is 0 Å². The predicted molar refractivity (Wildman–Crippen MR) is 57.9 cm³/mol. The normalized spacial score (nSPS) is 28.8. The molecule has 0 saturated carbocycles. The van der Waals surface area contributed by atoms with E-state index in [4.69, 9.17) is 5.11 Å². The van der Waals surface area contributed by atoms with Gasteiger partial charge in [-0.15, -0.1) is 0 Å². The Labute approximate surface area is 86.6 Å². The predicted octanol–water partition coefficient (Wildman–Crippen LogP) is 1.97. The van der Waals surface area contributed by atoms with E-state index in [0.29, 0.717) is 5.92 Å². The molecule has 0 aromatic carbocycles. The lowest BCUT2D eigenvalue weighted by Gasteiger charge is -2.33. The van der Waals surface area contributed by atoms with Crippen molar-refractivity contribution in [2.45, 2.75) is 33.6 Å². The summed E-state index contributed by atoms with van der Waals surface area (Å²) >= 11 is 0. The van der Waals surface area contributed by atoms with E-state index >= 15 is 0 Å². The molecular weight excluding hydrogens is 176 g/mol. The van der Waals surface area contributed by atoms with E-state index in [9.17, 15) is 5.11 Å². The van der Waals surface area contributed by atoms with E-state index in [1.807, 2.05) is 0 Å². The zero-order valence-corrected chi connectivity index (χ0v) is 9.45. The molecule has 1 aliphatic carbocycles. The van der Waals surface area contributed by atoms with E-state index in [1.165, 1.54) is 5.57 Å². The Morgan fingerprint density at radius 1 is 1.29 bits per heavy atom. The first-order valence-corrected chi connectivity index (χ1v) is 5.40. The van der Waals surface area contributed by atoms with Gasteiger partial charge in [0.15, 0.2) is 0 Å². The lowest BCUT2D eigenvalue weighted by molar-refractivity contribution is 0.163. The molecule has 0 aromatic rings. The van der Waals surface area contributed by atoms with Gasteiger partial charge in [-0.05, 0) is 24.2 Å². The molecule has 0 radical (unpaired) electrons. The SMILES string of the molecule is CC(C)(C)C1=C[C@@H](CO)C[C@H](CO)C1. The molecule has 0 saturated heterocycles. The van der Waals surface area contributed by atoms with Crippen molar-refractivity contribution in [3.05, 3.63) is 11.6 Å². The average Bonchev–Trinajstić information content (AvgIpc) is 2.15. The van der Waals surface area contributed by atoms with Gasteiger partial charge in [-0.3, -0.25) is 0 Å². The quantitative estimate of drug-likeness (QED) is 0.666. The third kappa shape index (κ3) is 2.82. The fourth-order valence-electron chi connectivity index (χ4n) is 2.07. The molecule has 2 heteroatoms. The molecule has 0 spiro atoms. The molecule has 2 nitrogen and oxygen atoms in total. The summed E-state index contributed by atoms with van der Waals surface area (Å²) in [4.78, 5) is 0. The van der Waals surface area contributed by atoms with Crippen LogP contribution in [0.25, 0.3) is 0 Å². The molecule has 14 heavy (non-hydrogen) atoms. The van der Waals surface area contributed by atoms with Crippen LogP contribution in [0, 0.1) is 17.3 Å². The minimum atomic E-state index is 0.168. The van der Waals surface area contributed by atoms with Gasteiger partial charge in [-0.1, -0.05) is 32.4 Å². The van der Waals surface area contributed by atoms with Crippen LogP contribution >= 0.6 is 0 Å². The summed E-state index contributed by atoms with van der Waals surface area (Å²) in [7, 11) is 0. The molecule has 0 amide bonds. The smallest absolute Gasteiger partial charge is 0.0494 e. The lowest BCUT2D eigenvalue weighted by atomic mass is 9.73. The Morgan fingerprint density at radius 2 is 1.93 bits per heavy atom. The number of hydrogen-bond donors (Lipinski definition) is 2. The van der Waals surface area contributed by atoms with Crippen molar-refractivity contribution >= 4 is 0 Å². The highest BCUT2D eigenvalue weighted by Gasteiger charge is 2.27. The molecule has 0 bridgehead atoms. The van der Waals surface area contributed by atoms with Crippen LogP contribution in [0.3, 0.4) is 0 Å². The standard InChI is InChI=1S/C12H22O2/c1-12(2,3)11-5-9(7-13)4-10(6-11)8-14/h5,9-10,13-14H,4,6-8H2,1-3H3/t9-,10-/m0/s1. The highest BCUT2D eigenvalue weighted by molar-refractivity contribution is 5.16. The second kappa shape index (κ2) is 4.45. The molecule has 1 rings (SSSR count). The van der Waals surface area contributed by atoms with Crippen molar-refractivity contribution in [1.29, 1.82) is 0 Å². The third-order valence-electron chi connectivity index (χ3n) is 3.04. The molecule has 0 fully saturated rings. The van der Waals surface area contributed by atoms with Crippen LogP contribution in [0.1, 0.15) is 33.6 Å². The van der Waals surface area contributed by atoms with Gasteiger partial charge in [-0.2, -0.15) is 0 Å².